The van der Waals surface area contributed by atoms with Crippen LogP contribution in [0.3, 0.4) is 0 Å². The fourth-order valence-electron chi connectivity index (χ4n) is 7.12. The lowest BCUT2D eigenvalue weighted by Gasteiger charge is -2.47. The van der Waals surface area contributed by atoms with Crippen molar-refractivity contribution >= 4 is 17.6 Å². The quantitative estimate of drug-likeness (QED) is 0.0881. The average molecular weight is 592 g/mol. The summed E-state index contributed by atoms with van der Waals surface area (Å²) < 4.78 is 0. The van der Waals surface area contributed by atoms with Gasteiger partial charge in [-0.1, -0.05) is 104 Å². The van der Waals surface area contributed by atoms with Crippen LogP contribution in [0.2, 0.25) is 0 Å². The second-order valence-electron chi connectivity index (χ2n) is 14.7. The first-order valence-corrected chi connectivity index (χ1v) is 17.8. The first-order chi connectivity index (χ1) is 20.1. The van der Waals surface area contributed by atoms with Crippen molar-refractivity contribution in [1.82, 2.24) is 16.0 Å². The average Bonchev–Trinajstić information content (AvgIpc) is 2.90. The van der Waals surface area contributed by atoms with E-state index in [9.17, 15) is 14.4 Å². The molecule has 0 bridgehead atoms. The maximum atomic E-state index is 12.7. The van der Waals surface area contributed by atoms with Crippen LogP contribution in [0, 0.1) is 10.8 Å². The van der Waals surface area contributed by atoms with Crippen molar-refractivity contribution in [2.24, 2.45) is 10.8 Å². The number of hydrogen-bond donors (Lipinski definition) is 3. The van der Waals surface area contributed by atoms with Gasteiger partial charge in [0.15, 0.2) is 0 Å². The van der Waals surface area contributed by atoms with E-state index in [1.54, 1.807) is 6.92 Å². The van der Waals surface area contributed by atoms with Crippen molar-refractivity contribution < 1.29 is 14.4 Å². The Hall–Kier alpha value is -1.43. The van der Waals surface area contributed by atoms with E-state index in [-0.39, 0.29) is 28.7 Å². The Bertz CT molecular complexity index is 738. The van der Waals surface area contributed by atoms with Gasteiger partial charge in [0.25, 0.3) is 0 Å². The number of carbonyl (C=O) groups excluding carboxylic acids is 3. The van der Waals surface area contributed by atoms with Gasteiger partial charge in [-0.05, 0) is 76.3 Å². The number of ketones is 1. The first kappa shape index (κ1) is 38.6. The number of amides is 2. The highest BCUT2D eigenvalue weighted by Crippen LogP contribution is 2.45. The second-order valence-corrected chi connectivity index (χ2v) is 14.7. The fourth-order valence-corrected chi connectivity index (χ4v) is 7.12. The molecule has 1 aliphatic carbocycles. The molecule has 0 spiro atoms. The van der Waals surface area contributed by atoms with Crippen LogP contribution in [0.4, 0.5) is 0 Å². The molecule has 2 unspecified atom stereocenters. The molecule has 246 valence electrons. The van der Waals surface area contributed by atoms with Crippen LogP contribution < -0.4 is 16.0 Å². The third-order valence-corrected chi connectivity index (χ3v) is 9.03. The third-order valence-electron chi connectivity index (χ3n) is 9.03. The molecular weight excluding hydrogens is 522 g/mol. The van der Waals surface area contributed by atoms with E-state index in [1.807, 2.05) is 7.05 Å². The SMILES string of the molecule is CNCCCCCCCCCCCC(=O)NC1CC(C)(C)CC(C)(CNC(=O)CCCCCCCCCCC(C)=O)C1. The number of nitrogens with one attached hydrogen (secondary N) is 3. The van der Waals surface area contributed by atoms with E-state index in [4.69, 9.17) is 0 Å². The van der Waals surface area contributed by atoms with Gasteiger partial charge in [-0.25, -0.2) is 0 Å². The summed E-state index contributed by atoms with van der Waals surface area (Å²) >= 11 is 0. The van der Waals surface area contributed by atoms with Gasteiger partial charge in [-0.3, -0.25) is 9.59 Å². The van der Waals surface area contributed by atoms with Crippen LogP contribution in [0.25, 0.3) is 0 Å². The molecule has 0 aromatic carbocycles. The smallest absolute Gasteiger partial charge is 0.220 e. The molecule has 0 aromatic heterocycles. The van der Waals surface area contributed by atoms with Gasteiger partial charge in [0.05, 0.1) is 0 Å². The molecule has 2 amide bonds. The number of unbranched alkanes of at least 4 members (excludes halogenated alkanes) is 15. The monoisotopic (exact) mass is 592 g/mol. The number of carbonyl (C=O) groups is 3. The molecular formula is C36H69N3O3. The van der Waals surface area contributed by atoms with Crippen LogP contribution in [-0.4, -0.2) is 43.8 Å². The lowest BCUT2D eigenvalue weighted by Crippen LogP contribution is -2.50. The number of rotatable bonds is 26. The molecule has 0 aromatic rings. The Morgan fingerprint density at radius 2 is 1.07 bits per heavy atom. The van der Waals surface area contributed by atoms with Gasteiger partial charge in [0.1, 0.15) is 5.78 Å². The largest absolute Gasteiger partial charge is 0.356 e. The molecule has 0 radical (unpaired) electrons. The molecule has 3 N–H and O–H groups in total. The minimum Gasteiger partial charge on any atom is -0.356 e. The van der Waals surface area contributed by atoms with Gasteiger partial charge >= 0.3 is 0 Å². The topological polar surface area (TPSA) is 87.3 Å². The number of Topliss-reactive ketones (excluding diaryl/α,β-unsaturated/α-hetero) is 1. The standard InChI is InChI=1S/C36H69N3O3/c1-31(40)23-19-15-11-8-9-12-16-20-24-33(41)38-30-36(4)28-32(27-35(2,3)29-36)39-34(42)25-21-17-13-7-6-10-14-18-22-26-37-5/h32,37H,6-30H2,1-5H3,(H,38,41)(H,39,42). The minimum absolute atomic E-state index is 0.00476. The highest BCUT2D eigenvalue weighted by molar-refractivity contribution is 5.76. The van der Waals surface area contributed by atoms with Gasteiger partial charge in [0.2, 0.25) is 11.8 Å². The zero-order valence-corrected chi connectivity index (χ0v) is 28.5. The van der Waals surface area contributed by atoms with Crippen LogP contribution in [0.5, 0.6) is 0 Å². The molecule has 1 fully saturated rings. The van der Waals surface area contributed by atoms with Gasteiger partial charge in [-0.15, -0.1) is 0 Å². The molecule has 1 rings (SSSR count). The van der Waals surface area contributed by atoms with Crippen molar-refractivity contribution in [3.8, 4) is 0 Å². The van der Waals surface area contributed by atoms with Crippen molar-refractivity contribution in [1.29, 1.82) is 0 Å². The van der Waals surface area contributed by atoms with Crippen LogP contribution in [0.1, 0.15) is 175 Å². The van der Waals surface area contributed by atoms with E-state index in [1.165, 1.54) is 70.6 Å². The first-order valence-electron chi connectivity index (χ1n) is 17.8. The zero-order valence-electron chi connectivity index (χ0n) is 28.5. The van der Waals surface area contributed by atoms with E-state index >= 15 is 0 Å². The summed E-state index contributed by atoms with van der Waals surface area (Å²) in [6.45, 7) is 10.4. The van der Waals surface area contributed by atoms with Crippen molar-refractivity contribution in [2.75, 3.05) is 20.1 Å². The van der Waals surface area contributed by atoms with Gasteiger partial charge in [-0.2, -0.15) is 0 Å². The summed E-state index contributed by atoms with van der Waals surface area (Å²) in [7, 11) is 2.02. The lowest BCUT2D eigenvalue weighted by atomic mass is 9.62. The molecule has 6 heteroatoms. The summed E-state index contributed by atoms with van der Waals surface area (Å²) in [5.41, 5.74) is 0.152. The summed E-state index contributed by atoms with van der Waals surface area (Å²) in [4.78, 5) is 36.3. The third kappa shape index (κ3) is 21.3. The number of hydrogen-bond acceptors (Lipinski definition) is 4. The van der Waals surface area contributed by atoms with Crippen LogP contribution in [0.15, 0.2) is 0 Å². The Labute approximate surface area is 260 Å². The Balaban J connectivity index is 2.18. The molecule has 0 heterocycles. The normalized spacial score (nSPS) is 19.9. The maximum Gasteiger partial charge on any atom is 0.220 e. The van der Waals surface area contributed by atoms with E-state index in [0.29, 0.717) is 25.2 Å². The van der Waals surface area contributed by atoms with Crippen molar-refractivity contribution in [3.63, 3.8) is 0 Å². The minimum atomic E-state index is 0.00476. The summed E-state index contributed by atoms with van der Waals surface area (Å²) in [6, 6.07) is 0.188. The predicted octanol–water partition coefficient (Wildman–Crippen LogP) is 8.41. The molecule has 2 atom stereocenters. The highest BCUT2D eigenvalue weighted by atomic mass is 16.2. The molecule has 1 aliphatic rings. The fraction of sp³-hybridized carbons (Fsp3) is 0.917. The summed E-state index contributed by atoms with van der Waals surface area (Å²) in [5, 5.41) is 9.80. The van der Waals surface area contributed by atoms with Crippen LogP contribution in [-0.2, 0) is 14.4 Å². The van der Waals surface area contributed by atoms with Crippen molar-refractivity contribution in [3.05, 3.63) is 0 Å². The Morgan fingerprint density at radius 1 is 0.619 bits per heavy atom. The van der Waals surface area contributed by atoms with E-state index in [0.717, 1.165) is 70.8 Å². The van der Waals surface area contributed by atoms with Gasteiger partial charge < -0.3 is 20.7 Å². The molecule has 0 saturated heterocycles. The van der Waals surface area contributed by atoms with E-state index < -0.39 is 0 Å². The zero-order chi connectivity index (χ0) is 31.1. The van der Waals surface area contributed by atoms with Crippen LogP contribution >= 0.6 is 0 Å². The second kappa shape index (κ2) is 23.0. The van der Waals surface area contributed by atoms with Crippen molar-refractivity contribution in [2.45, 2.75) is 181 Å². The Kier molecular flexibility index (Phi) is 21.2. The summed E-state index contributed by atoms with van der Waals surface area (Å²) in [6.07, 6.45) is 25.3. The Morgan fingerprint density at radius 3 is 1.57 bits per heavy atom. The van der Waals surface area contributed by atoms with E-state index in [2.05, 4.69) is 36.7 Å². The molecule has 0 aliphatic heterocycles. The molecule has 42 heavy (non-hydrogen) atoms. The summed E-state index contributed by atoms with van der Waals surface area (Å²) in [5.74, 6) is 0.660. The predicted molar refractivity (Wildman–Crippen MR) is 178 cm³/mol. The molecule has 1 saturated carbocycles. The maximum absolute atomic E-state index is 12.7. The molecule has 6 nitrogen and oxygen atoms in total. The highest BCUT2D eigenvalue weighted by Gasteiger charge is 2.41. The lowest BCUT2D eigenvalue weighted by molar-refractivity contribution is -0.124. The van der Waals surface area contributed by atoms with Gasteiger partial charge in [0, 0.05) is 31.8 Å².